The fraction of sp³-hybridized carbons (Fsp3) is 0.385. The highest BCUT2D eigenvalue weighted by Gasteiger charge is 2.50. The molecule has 1 heterocycles. The van der Waals surface area contributed by atoms with Gasteiger partial charge in [0.05, 0.1) is 11.3 Å². The Kier molecular flexibility index (Phi) is 2.54. The van der Waals surface area contributed by atoms with E-state index in [0.29, 0.717) is 6.42 Å². The molecule has 1 atom stereocenters. The van der Waals surface area contributed by atoms with E-state index in [9.17, 15) is 9.59 Å². The van der Waals surface area contributed by atoms with E-state index in [-0.39, 0.29) is 5.92 Å². The number of esters is 2. The Morgan fingerprint density at radius 2 is 1.81 bits per heavy atom. The van der Waals surface area contributed by atoms with Crippen molar-refractivity contribution < 1.29 is 14.3 Å². The topological polar surface area (TPSA) is 43.4 Å². The molecule has 3 heteroatoms. The molecule has 1 aliphatic heterocycles. The molecule has 1 aromatic rings. The Labute approximate surface area is 94.4 Å². The van der Waals surface area contributed by atoms with Gasteiger partial charge in [0.25, 0.3) is 0 Å². The summed E-state index contributed by atoms with van der Waals surface area (Å²) < 4.78 is 4.68. The molecule has 3 nitrogen and oxygen atoms in total. The Balaban J connectivity index is 2.22. The lowest BCUT2D eigenvalue weighted by Crippen LogP contribution is -2.28. The molecule has 1 aromatic carbocycles. The summed E-state index contributed by atoms with van der Waals surface area (Å²) in [5, 5.41) is 0. The van der Waals surface area contributed by atoms with Gasteiger partial charge < -0.3 is 4.74 Å². The number of ether oxygens (including phenoxy) is 1. The fourth-order valence-electron chi connectivity index (χ4n) is 1.92. The molecule has 0 radical (unpaired) electrons. The molecule has 1 aliphatic rings. The lowest BCUT2D eigenvalue weighted by molar-refractivity contribution is -0.154. The van der Waals surface area contributed by atoms with E-state index in [4.69, 9.17) is 0 Å². The molecule has 1 fully saturated rings. The third kappa shape index (κ3) is 1.73. The van der Waals surface area contributed by atoms with Gasteiger partial charge in [-0.1, -0.05) is 30.3 Å². The van der Waals surface area contributed by atoms with Crippen molar-refractivity contribution in [3.05, 3.63) is 35.9 Å². The van der Waals surface area contributed by atoms with Crippen molar-refractivity contribution in [1.29, 1.82) is 0 Å². The van der Waals surface area contributed by atoms with Crippen LogP contribution >= 0.6 is 0 Å². The quantitative estimate of drug-likeness (QED) is 0.563. The first-order valence-electron chi connectivity index (χ1n) is 5.32. The van der Waals surface area contributed by atoms with Gasteiger partial charge in [-0.25, -0.2) is 0 Å². The summed E-state index contributed by atoms with van der Waals surface area (Å²) in [6, 6.07) is 9.67. The second-order valence-electron chi connectivity index (χ2n) is 4.67. The molecule has 16 heavy (non-hydrogen) atoms. The van der Waals surface area contributed by atoms with Crippen LogP contribution in [-0.2, 0) is 20.7 Å². The van der Waals surface area contributed by atoms with Gasteiger partial charge in [-0.3, -0.25) is 9.59 Å². The molecule has 1 unspecified atom stereocenters. The molecule has 0 amide bonds. The third-order valence-electron chi connectivity index (χ3n) is 3.16. The number of benzene rings is 1. The largest absolute Gasteiger partial charge is 0.392 e. The van der Waals surface area contributed by atoms with Crippen LogP contribution in [0.3, 0.4) is 0 Å². The Bertz CT molecular complexity index is 420. The standard InChI is InChI=1S/C13H14O3/c1-13(2)10(11(14)16-12(13)15)8-9-6-4-3-5-7-9/h3-7,10H,8H2,1-2H3. The molecule has 2 rings (SSSR count). The molecular weight excluding hydrogens is 204 g/mol. The maximum atomic E-state index is 11.6. The Morgan fingerprint density at radius 1 is 1.19 bits per heavy atom. The fourth-order valence-corrected chi connectivity index (χ4v) is 1.92. The molecule has 0 saturated carbocycles. The summed E-state index contributed by atoms with van der Waals surface area (Å²) in [5.74, 6) is -1.19. The number of carbonyl (C=O) groups excluding carboxylic acids is 2. The van der Waals surface area contributed by atoms with E-state index in [1.165, 1.54) is 0 Å². The van der Waals surface area contributed by atoms with Crippen LogP contribution < -0.4 is 0 Å². The first kappa shape index (κ1) is 10.9. The highest BCUT2D eigenvalue weighted by atomic mass is 16.6. The smallest absolute Gasteiger partial charge is 0.320 e. The van der Waals surface area contributed by atoms with Crippen LogP contribution in [0.1, 0.15) is 19.4 Å². The highest BCUT2D eigenvalue weighted by Crippen LogP contribution is 2.37. The van der Waals surface area contributed by atoms with Crippen molar-refractivity contribution in [2.24, 2.45) is 11.3 Å². The minimum atomic E-state index is -0.715. The molecule has 0 N–H and O–H groups in total. The summed E-state index contributed by atoms with van der Waals surface area (Å²) in [6.07, 6.45) is 0.554. The van der Waals surface area contributed by atoms with Gasteiger partial charge in [0.2, 0.25) is 0 Å². The number of carbonyl (C=O) groups is 2. The van der Waals surface area contributed by atoms with E-state index < -0.39 is 17.4 Å². The zero-order valence-corrected chi connectivity index (χ0v) is 9.40. The van der Waals surface area contributed by atoms with Crippen molar-refractivity contribution >= 4 is 11.9 Å². The molecule has 0 aliphatic carbocycles. The van der Waals surface area contributed by atoms with Gasteiger partial charge in [-0.2, -0.15) is 0 Å². The average Bonchev–Trinajstić information content (AvgIpc) is 2.43. The molecule has 0 bridgehead atoms. The van der Waals surface area contributed by atoms with E-state index >= 15 is 0 Å². The van der Waals surface area contributed by atoms with Gasteiger partial charge in [0.1, 0.15) is 0 Å². The van der Waals surface area contributed by atoms with Crippen molar-refractivity contribution in [3.8, 4) is 0 Å². The van der Waals surface area contributed by atoms with Crippen molar-refractivity contribution in [2.75, 3.05) is 0 Å². The van der Waals surface area contributed by atoms with Gasteiger partial charge in [-0.05, 0) is 25.8 Å². The molecular formula is C13H14O3. The highest BCUT2D eigenvalue weighted by molar-refractivity contribution is 5.98. The Hall–Kier alpha value is -1.64. The minimum absolute atomic E-state index is 0.373. The van der Waals surface area contributed by atoms with Gasteiger partial charge in [0, 0.05) is 0 Å². The van der Waals surface area contributed by atoms with E-state index in [1.807, 2.05) is 30.3 Å². The number of rotatable bonds is 2. The predicted molar refractivity (Wildman–Crippen MR) is 58.5 cm³/mol. The SMILES string of the molecule is CC1(C)C(=O)OC(=O)C1Cc1ccccc1. The maximum absolute atomic E-state index is 11.6. The van der Waals surface area contributed by atoms with Crippen LogP contribution in [0, 0.1) is 11.3 Å². The van der Waals surface area contributed by atoms with Crippen LogP contribution in [0.5, 0.6) is 0 Å². The first-order chi connectivity index (χ1) is 7.51. The second kappa shape index (κ2) is 3.74. The van der Waals surface area contributed by atoms with Crippen LogP contribution in [0.4, 0.5) is 0 Å². The summed E-state index contributed by atoms with van der Waals surface area (Å²) >= 11 is 0. The normalized spacial score (nSPS) is 23.2. The van der Waals surface area contributed by atoms with Crippen molar-refractivity contribution in [3.63, 3.8) is 0 Å². The number of hydrogen-bond donors (Lipinski definition) is 0. The Morgan fingerprint density at radius 3 is 2.31 bits per heavy atom. The van der Waals surface area contributed by atoms with Gasteiger partial charge in [-0.15, -0.1) is 0 Å². The van der Waals surface area contributed by atoms with Crippen LogP contribution in [-0.4, -0.2) is 11.9 Å². The second-order valence-corrected chi connectivity index (χ2v) is 4.67. The predicted octanol–water partition coefficient (Wildman–Crippen LogP) is 1.95. The lowest BCUT2D eigenvalue weighted by atomic mass is 9.78. The number of hydrogen-bond acceptors (Lipinski definition) is 3. The first-order valence-corrected chi connectivity index (χ1v) is 5.32. The summed E-state index contributed by atoms with van der Waals surface area (Å²) in [5.41, 5.74) is 0.333. The van der Waals surface area contributed by atoms with Gasteiger partial charge >= 0.3 is 11.9 Å². The molecule has 1 saturated heterocycles. The third-order valence-corrected chi connectivity index (χ3v) is 3.16. The average molecular weight is 218 g/mol. The van der Waals surface area contributed by atoms with Crippen LogP contribution in [0.15, 0.2) is 30.3 Å². The van der Waals surface area contributed by atoms with Crippen LogP contribution in [0.2, 0.25) is 0 Å². The zero-order valence-electron chi connectivity index (χ0n) is 9.40. The summed E-state index contributed by atoms with van der Waals surface area (Å²) in [6.45, 7) is 3.52. The monoisotopic (exact) mass is 218 g/mol. The van der Waals surface area contributed by atoms with Crippen LogP contribution in [0.25, 0.3) is 0 Å². The maximum Gasteiger partial charge on any atom is 0.320 e. The van der Waals surface area contributed by atoms with Crippen molar-refractivity contribution in [1.82, 2.24) is 0 Å². The van der Waals surface area contributed by atoms with Gasteiger partial charge in [0.15, 0.2) is 0 Å². The van der Waals surface area contributed by atoms with Crippen molar-refractivity contribution in [2.45, 2.75) is 20.3 Å². The van der Waals surface area contributed by atoms with E-state index in [2.05, 4.69) is 4.74 Å². The molecule has 0 aromatic heterocycles. The molecule has 0 spiro atoms. The molecule has 84 valence electrons. The van der Waals surface area contributed by atoms with E-state index in [0.717, 1.165) is 5.56 Å². The summed E-state index contributed by atoms with van der Waals surface area (Å²) in [7, 11) is 0. The number of cyclic esters (lactones) is 2. The minimum Gasteiger partial charge on any atom is -0.392 e. The lowest BCUT2D eigenvalue weighted by Gasteiger charge is -2.19. The van der Waals surface area contributed by atoms with E-state index in [1.54, 1.807) is 13.8 Å². The summed E-state index contributed by atoms with van der Waals surface area (Å²) in [4.78, 5) is 23.0. The zero-order chi connectivity index (χ0) is 11.8.